The molecule has 0 aliphatic rings. The lowest BCUT2D eigenvalue weighted by Gasteiger charge is -2.18. The Labute approximate surface area is 226 Å². The Kier molecular flexibility index (Phi) is 4.62. The summed E-state index contributed by atoms with van der Waals surface area (Å²) in [6.07, 6.45) is 0. The summed E-state index contributed by atoms with van der Waals surface area (Å²) in [6, 6.07) is 44.4. The summed E-state index contributed by atoms with van der Waals surface area (Å²) in [5, 5.41) is 13.3. The number of benzene rings is 8. The Bertz CT molecular complexity index is 2200. The van der Waals surface area contributed by atoms with Crippen molar-refractivity contribution in [3.05, 3.63) is 127 Å². The number of rotatable bonds is 2. The molecule has 0 aromatic heterocycles. The van der Waals surface area contributed by atoms with Gasteiger partial charge >= 0.3 is 0 Å². The van der Waals surface area contributed by atoms with E-state index in [0.29, 0.717) is 0 Å². The van der Waals surface area contributed by atoms with Gasteiger partial charge in [0, 0.05) is 4.90 Å². The predicted molar refractivity (Wildman–Crippen MR) is 168 cm³/mol. The predicted octanol–water partition coefficient (Wildman–Crippen LogP) is 10.8. The second-order valence-electron chi connectivity index (χ2n) is 10.3. The van der Waals surface area contributed by atoms with Gasteiger partial charge < -0.3 is 0 Å². The molecule has 0 atom stereocenters. The molecule has 0 amide bonds. The van der Waals surface area contributed by atoms with Crippen molar-refractivity contribution in [2.75, 3.05) is 0 Å². The zero-order valence-corrected chi connectivity index (χ0v) is 21.9. The quantitative estimate of drug-likeness (QED) is 0.136. The molecule has 8 aromatic rings. The SMILES string of the molecule is Cc1c(-c2ccc3c(c2)c2cccc4c5ccccc5c5cccc3c5c42)cccc1-c1ccccc1S. The van der Waals surface area contributed by atoms with E-state index in [0.717, 1.165) is 4.90 Å². The van der Waals surface area contributed by atoms with Gasteiger partial charge in [-0.25, -0.2) is 0 Å². The largest absolute Gasteiger partial charge is 0.143 e. The van der Waals surface area contributed by atoms with Crippen molar-refractivity contribution in [3.63, 3.8) is 0 Å². The van der Waals surface area contributed by atoms with Crippen LogP contribution in [0.25, 0.3) is 76.1 Å². The topological polar surface area (TPSA) is 0 Å². The van der Waals surface area contributed by atoms with E-state index in [1.54, 1.807) is 0 Å². The van der Waals surface area contributed by atoms with E-state index < -0.39 is 0 Å². The molecule has 0 N–H and O–H groups in total. The molecule has 0 bridgehead atoms. The molecule has 0 aliphatic carbocycles. The third-order valence-corrected chi connectivity index (χ3v) is 8.72. The summed E-state index contributed by atoms with van der Waals surface area (Å²) in [7, 11) is 0. The number of hydrogen-bond acceptors (Lipinski definition) is 1. The first kappa shape index (κ1) is 21.7. The van der Waals surface area contributed by atoms with Crippen LogP contribution < -0.4 is 0 Å². The lowest BCUT2D eigenvalue weighted by Crippen LogP contribution is -1.92. The highest BCUT2D eigenvalue weighted by molar-refractivity contribution is 7.80. The number of thiol groups is 1. The average Bonchev–Trinajstić information content (AvgIpc) is 2.97. The van der Waals surface area contributed by atoms with Crippen LogP contribution >= 0.6 is 12.6 Å². The minimum absolute atomic E-state index is 1.00. The molecule has 8 rings (SSSR count). The van der Waals surface area contributed by atoms with Gasteiger partial charge in [-0.3, -0.25) is 0 Å². The van der Waals surface area contributed by atoms with Crippen LogP contribution in [0.3, 0.4) is 0 Å². The van der Waals surface area contributed by atoms with Crippen LogP contribution in [0, 0.1) is 6.92 Å². The van der Waals surface area contributed by atoms with Gasteiger partial charge in [0.1, 0.15) is 0 Å². The molecule has 0 saturated heterocycles. The smallest absolute Gasteiger partial charge is 0.0119 e. The Morgan fingerprint density at radius 2 is 0.868 bits per heavy atom. The van der Waals surface area contributed by atoms with Gasteiger partial charge in [-0.15, -0.1) is 12.6 Å². The maximum absolute atomic E-state index is 4.74. The molecule has 1 heteroatoms. The first-order valence-electron chi connectivity index (χ1n) is 13.1. The molecular formula is C37H24S. The first-order chi connectivity index (χ1) is 18.7. The molecule has 8 aromatic carbocycles. The molecule has 0 unspecified atom stereocenters. The molecule has 0 nitrogen and oxygen atoms in total. The van der Waals surface area contributed by atoms with Gasteiger partial charge in [-0.05, 0) is 101 Å². The van der Waals surface area contributed by atoms with Crippen molar-refractivity contribution < 1.29 is 0 Å². The molecule has 0 spiro atoms. The maximum atomic E-state index is 4.74. The molecule has 0 radical (unpaired) electrons. The van der Waals surface area contributed by atoms with Gasteiger partial charge in [-0.1, -0.05) is 109 Å². The maximum Gasteiger partial charge on any atom is 0.0119 e. The van der Waals surface area contributed by atoms with Crippen molar-refractivity contribution in [3.8, 4) is 22.3 Å². The highest BCUT2D eigenvalue weighted by Gasteiger charge is 2.17. The van der Waals surface area contributed by atoms with Crippen LogP contribution in [-0.2, 0) is 0 Å². The fraction of sp³-hybridized carbons (Fsp3) is 0.0270. The molecule has 38 heavy (non-hydrogen) atoms. The summed E-state index contributed by atoms with van der Waals surface area (Å²) < 4.78 is 0. The fourth-order valence-corrected chi connectivity index (χ4v) is 6.89. The third-order valence-electron chi connectivity index (χ3n) is 8.33. The van der Waals surface area contributed by atoms with Crippen molar-refractivity contribution >= 4 is 66.5 Å². The van der Waals surface area contributed by atoms with Gasteiger partial charge in [0.05, 0.1) is 0 Å². The van der Waals surface area contributed by atoms with E-state index in [1.165, 1.54) is 81.7 Å². The Hall–Kier alpha value is -4.33. The fourth-order valence-electron chi connectivity index (χ4n) is 6.60. The Balaban J connectivity index is 1.48. The van der Waals surface area contributed by atoms with Crippen LogP contribution in [0.5, 0.6) is 0 Å². The van der Waals surface area contributed by atoms with Crippen LogP contribution in [-0.4, -0.2) is 0 Å². The zero-order valence-electron chi connectivity index (χ0n) is 21.0. The molecule has 178 valence electrons. The monoisotopic (exact) mass is 500 g/mol. The minimum Gasteiger partial charge on any atom is -0.143 e. The zero-order chi connectivity index (χ0) is 25.4. The van der Waals surface area contributed by atoms with E-state index in [2.05, 4.69) is 122 Å². The van der Waals surface area contributed by atoms with Crippen molar-refractivity contribution in [2.45, 2.75) is 11.8 Å². The average molecular weight is 501 g/mol. The second-order valence-corrected chi connectivity index (χ2v) is 10.7. The lowest BCUT2D eigenvalue weighted by molar-refractivity contribution is 1.40. The molecule has 0 aliphatic heterocycles. The van der Waals surface area contributed by atoms with E-state index >= 15 is 0 Å². The van der Waals surface area contributed by atoms with Crippen molar-refractivity contribution in [1.29, 1.82) is 0 Å². The molecule has 0 heterocycles. The second kappa shape index (κ2) is 8.08. The summed E-state index contributed by atoms with van der Waals surface area (Å²) >= 11 is 4.74. The van der Waals surface area contributed by atoms with Crippen molar-refractivity contribution in [1.82, 2.24) is 0 Å². The summed E-state index contributed by atoms with van der Waals surface area (Å²) in [5.74, 6) is 0. The normalized spacial score (nSPS) is 11.9. The van der Waals surface area contributed by atoms with Crippen LogP contribution in [0.15, 0.2) is 126 Å². The van der Waals surface area contributed by atoms with Gasteiger partial charge in [0.15, 0.2) is 0 Å². The minimum atomic E-state index is 1.00. The number of fused-ring (bicyclic) bond motifs is 6. The van der Waals surface area contributed by atoms with Gasteiger partial charge in [-0.2, -0.15) is 0 Å². The summed E-state index contributed by atoms with van der Waals surface area (Å²) in [4.78, 5) is 1.00. The highest BCUT2D eigenvalue weighted by Crippen LogP contribution is 2.45. The van der Waals surface area contributed by atoms with Gasteiger partial charge in [0.25, 0.3) is 0 Å². The highest BCUT2D eigenvalue weighted by atomic mass is 32.1. The van der Waals surface area contributed by atoms with E-state index in [4.69, 9.17) is 12.6 Å². The number of hydrogen-bond donors (Lipinski definition) is 1. The van der Waals surface area contributed by atoms with E-state index in [9.17, 15) is 0 Å². The van der Waals surface area contributed by atoms with Crippen LogP contribution in [0.2, 0.25) is 0 Å². The molecule has 0 saturated carbocycles. The standard InChI is InChI=1S/C37H24S/c1-22-24(12-6-13-25(22)29-11-4-5-18-35(29)38)23-19-20-28-32-16-7-14-30-26-9-2-3-10-27(26)31-15-8-17-33(34(28)21-23)37(31)36(30)32/h2-21,38H,1H3. The molecular weight excluding hydrogens is 476 g/mol. The van der Waals surface area contributed by atoms with Crippen molar-refractivity contribution in [2.24, 2.45) is 0 Å². The Morgan fingerprint density at radius 1 is 0.395 bits per heavy atom. The third kappa shape index (κ3) is 2.94. The van der Waals surface area contributed by atoms with E-state index in [-0.39, 0.29) is 0 Å². The molecule has 0 fully saturated rings. The van der Waals surface area contributed by atoms with Gasteiger partial charge in [0.2, 0.25) is 0 Å². The van der Waals surface area contributed by atoms with Crippen LogP contribution in [0.1, 0.15) is 5.56 Å². The first-order valence-corrected chi connectivity index (χ1v) is 13.5. The summed E-state index contributed by atoms with van der Waals surface area (Å²) in [6.45, 7) is 2.23. The Morgan fingerprint density at radius 3 is 1.53 bits per heavy atom. The van der Waals surface area contributed by atoms with E-state index in [1.807, 2.05) is 6.07 Å². The lowest BCUT2D eigenvalue weighted by atomic mass is 9.85. The summed E-state index contributed by atoms with van der Waals surface area (Å²) in [5.41, 5.74) is 6.18. The van der Waals surface area contributed by atoms with Crippen LogP contribution in [0.4, 0.5) is 0 Å².